The van der Waals surface area contributed by atoms with Gasteiger partial charge in [-0.3, -0.25) is 0 Å². The highest BCUT2D eigenvalue weighted by Crippen LogP contribution is 2.16. The van der Waals surface area contributed by atoms with Crippen molar-refractivity contribution < 1.29 is 0 Å². The van der Waals surface area contributed by atoms with Gasteiger partial charge in [-0.25, -0.2) is 0 Å². The standard InChI is InChI=1S/C16H22N2S/c1-18(13-15-9-6-12-19-15)11-5-10-16(17)14-7-3-2-4-8-14/h2-4,6-9,12,16H,5,10-11,13,17H2,1H3. The molecule has 1 aromatic heterocycles. The molecule has 0 saturated heterocycles. The fourth-order valence-electron chi connectivity index (χ4n) is 2.20. The van der Waals surface area contributed by atoms with Gasteiger partial charge in [0.2, 0.25) is 0 Å². The Morgan fingerprint density at radius 1 is 1.16 bits per heavy atom. The van der Waals surface area contributed by atoms with E-state index in [9.17, 15) is 0 Å². The third kappa shape index (κ3) is 4.78. The molecule has 19 heavy (non-hydrogen) atoms. The zero-order chi connectivity index (χ0) is 13.5. The first-order valence-electron chi connectivity index (χ1n) is 6.77. The van der Waals surface area contributed by atoms with Crippen LogP contribution in [0.15, 0.2) is 47.8 Å². The van der Waals surface area contributed by atoms with Gasteiger partial charge in [0.15, 0.2) is 0 Å². The van der Waals surface area contributed by atoms with Crippen LogP contribution in [0.25, 0.3) is 0 Å². The van der Waals surface area contributed by atoms with E-state index >= 15 is 0 Å². The maximum atomic E-state index is 6.20. The summed E-state index contributed by atoms with van der Waals surface area (Å²) in [7, 11) is 2.17. The Morgan fingerprint density at radius 2 is 1.95 bits per heavy atom. The zero-order valence-corrected chi connectivity index (χ0v) is 12.3. The summed E-state index contributed by atoms with van der Waals surface area (Å²) >= 11 is 1.82. The maximum absolute atomic E-state index is 6.20. The molecular formula is C16H22N2S. The number of hydrogen-bond donors (Lipinski definition) is 1. The minimum atomic E-state index is 0.163. The van der Waals surface area contributed by atoms with E-state index in [1.807, 2.05) is 17.4 Å². The van der Waals surface area contributed by atoms with Crippen LogP contribution >= 0.6 is 11.3 Å². The molecule has 0 bridgehead atoms. The SMILES string of the molecule is CN(CCCC(N)c1ccccc1)Cc1cccs1. The van der Waals surface area contributed by atoms with Gasteiger partial charge in [-0.2, -0.15) is 0 Å². The lowest BCUT2D eigenvalue weighted by Gasteiger charge is -2.17. The Bertz CT molecular complexity index is 453. The number of nitrogens with zero attached hydrogens (tertiary/aromatic N) is 1. The smallest absolute Gasteiger partial charge is 0.0324 e. The number of thiophene rings is 1. The van der Waals surface area contributed by atoms with Gasteiger partial charge in [0, 0.05) is 17.5 Å². The van der Waals surface area contributed by atoms with Crippen LogP contribution in [-0.2, 0) is 6.54 Å². The predicted octanol–water partition coefficient (Wildman–Crippen LogP) is 3.66. The second kappa shape index (κ2) is 7.43. The van der Waals surface area contributed by atoms with Crippen molar-refractivity contribution in [2.45, 2.75) is 25.4 Å². The van der Waals surface area contributed by atoms with Gasteiger partial charge < -0.3 is 10.6 Å². The lowest BCUT2D eigenvalue weighted by molar-refractivity contribution is 0.317. The Kier molecular flexibility index (Phi) is 5.58. The molecule has 0 spiro atoms. The van der Waals surface area contributed by atoms with Gasteiger partial charge in [-0.15, -0.1) is 11.3 Å². The van der Waals surface area contributed by atoms with Gasteiger partial charge >= 0.3 is 0 Å². The third-order valence-corrected chi connectivity index (χ3v) is 4.15. The highest BCUT2D eigenvalue weighted by Gasteiger charge is 2.06. The first-order valence-corrected chi connectivity index (χ1v) is 7.65. The molecule has 1 heterocycles. The lowest BCUT2D eigenvalue weighted by atomic mass is 10.0. The van der Waals surface area contributed by atoms with E-state index in [-0.39, 0.29) is 6.04 Å². The molecule has 2 nitrogen and oxygen atoms in total. The van der Waals surface area contributed by atoms with Crippen LogP contribution in [0, 0.1) is 0 Å². The molecular weight excluding hydrogens is 252 g/mol. The average molecular weight is 274 g/mol. The molecule has 0 amide bonds. The summed E-state index contributed by atoms with van der Waals surface area (Å²) in [5.74, 6) is 0. The molecule has 102 valence electrons. The molecule has 1 atom stereocenters. The average Bonchev–Trinajstić information content (AvgIpc) is 2.92. The van der Waals surface area contributed by atoms with E-state index in [1.165, 1.54) is 10.4 Å². The normalized spacial score (nSPS) is 12.8. The molecule has 0 fully saturated rings. The highest BCUT2D eigenvalue weighted by molar-refractivity contribution is 7.09. The molecule has 2 aromatic rings. The Hall–Kier alpha value is -1.16. The minimum absolute atomic E-state index is 0.163. The molecule has 2 rings (SSSR count). The molecule has 0 saturated carbocycles. The van der Waals surface area contributed by atoms with E-state index < -0.39 is 0 Å². The van der Waals surface area contributed by atoms with Crippen molar-refractivity contribution in [3.8, 4) is 0 Å². The summed E-state index contributed by atoms with van der Waals surface area (Å²) in [5.41, 5.74) is 7.44. The molecule has 0 aliphatic rings. The van der Waals surface area contributed by atoms with Gasteiger partial charge in [-0.05, 0) is 43.4 Å². The number of rotatable bonds is 7. The van der Waals surface area contributed by atoms with E-state index in [4.69, 9.17) is 5.73 Å². The topological polar surface area (TPSA) is 29.3 Å². The molecule has 0 radical (unpaired) electrons. The van der Waals surface area contributed by atoms with Crippen molar-refractivity contribution in [2.75, 3.05) is 13.6 Å². The quantitative estimate of drug-likeness (QED) is 0.835. The number of benzene rings is 1. The van der Waals surface area contributed by atoms with Crippen LogP contribution < -0.4 is 5.73 Å². The summed E-state index contributed by atoms with van der Waals surface area (Å²) in [4.78, 5) is 3.79. The maximum Gasteiger partial charge on any atom is 0.0324 e. The number of hydrogen-bond acceptors (Lipinski definition) is 3. The van der Waals surface area contributed by atoms with Crippen LogP contribution in [0.3, 0.4) is 0 Å². The predicted molar refractivity (Wildman–Crippen MR) is 83.3 cm³/mol. The fraction of sp³-hybridized carbons (Fsp3) is 0.375. The van der Waals surface area contributed by atoms with E-state index in [0.717, 1.165) is 25.9 Å². The lowest BCUT2D eigenvalue weighted by Crippen LogP contribution is -2.20. The molecule has 1 aromatic carbocycles. The number of nitrogens with two attached hydrogens (primary N) is 1. The highest BCUT2D eigenvalue weighted by atomic mass is 32.1. The molecule has 0 aliphatic carbocycles. The van der Waals surface area contributed by atoms with E-state index in [2.05, 4.69) is 53.7 Å². The van der Waals surface area contributed by atoms with Crippen LogP contribution in [0.5, 0.6) is 0 Å². The van der Waals surface area contributed by atoms with E-state index in [1.54, 1.807) is 0 Å². The first-order chi connectivity index (χ1) is 9.25. The van der Waals surface area contributed by atoms with Gasteiger partial charge in [0.05, 0.1) is 0 Å². The summed E-state index contributed by atoms with van der Waals surface area (Å²) < 4.78 is 0. The van der Waals surface area contributed by atoms with Gasteiger partial charge in [0.25, 0.3) is 0 Å². The van der Waals surface area contributed by atoms with Crippen molar-refractivity contribution in [2.24, 2.45) is 5.73 Å². The Balaban J connectivity index is 1.68. The van der Waals surface area contributed by atoms with Crippen molar-refractivity contribution in [3.63, 3.8) is 0 Å². The van der Waals surface area contributed by atoms with Crippen LogP contribution in [-0.4, -0.2) is 18.5 Å². The molecule has 1 unspecified atom stereocenters. The second-order valence-corrected chi connectivity index (χ2v) is 6.01. The molecule has 0 aliphatic heterocycles. The fourth-order valence-corrected chi connectivity index (χ4v) is 2.98. The van der Waals surface area contributed by atoms with Crippen molar-refractivity contribution in [3.05, 3.63) is 58.3 Å². The van der Waals surface area contributed by atoms with Crippen molar-refractivity contribution in [1.82, 2.24) is 4.90 Å². The zero-order valence-electron chi connectivity index (χ0n) is 11.5. The van der Waals surface area contributed by atoms with Gasteiger partial charge in [-0.1, -0.05) is 36.4 Å². The summed E-state index contributed by atoms with van der Waals surface area (Å²) in [5, 5.41) is 2.13. The van der Waals surface area contributed by atoms with Crippen LogP contribution in [0.1, 0.15) is 29.3 Å². The molecule has 2 N–H and O–H groups in total. The summed E-state index contributed by atoms with van der Waals surface area (Å²) in [6, 6.07) is 14.8. The molecule has 3 heteroatoms. The first kappa shape index (κ1) is 14.3. The largest absolute Gasteiger partial charge is 0.324 e. The Morgan fingerprint density at radius 3 is 2.63 bits per heavy atom. The Labute approximate surface area is 119 Å². The van der Waals surface area contributed by atoms with Crippen molar-refractivity contribution in [1.29, 1.82) is 0 Å². The monoisotopic (exact) mass is 274 g/mol. The third-order valence-electron chi connectivity index (χ3n) is 3.29. The van der Waals surface area contributed by atoms with Crippen LogP contribution in [0.2, 0.25) is 0 Å². The van der Waals surface area contributed by atoms with E-state index in [0.29, 0.717) is 0 Å². The summed E-state index contributed by atoms with van der Waals surface area (Å²) in [6.45, 7) is 2.14. The van der Waals surface area contributed by atoms with Crippen molar-refractivity contribution >= 4 is 11.3 Å². The summed E-state index contributed by atoms with van der Waals surface area (Å²) in [6.07, 6.45) is 2.18. The van der Waals surface area contributed by atoms with Crippen LogP contribution in [0.4, 0.5) is 0 Å². The van der Waals surface area contributed by atoms with Gasteiger partial charge in [0.1, 0.15) is 0 Å². The minimum Gasteiger partial charge on any atom is -0.324 e. The second-order valence-electron chi connectivity index (χ2n) is 4.98.